The molecule has 9 heteroatoms. The minimum absolute atomic E-state index is 0.0608. The second-order valence-corrected chi connectivity index (χ2v) is 10.00. The summed E-state index contributed by atoms with van der Waals surface area (Å²) in [6.45, 7) is 5.04. The van der Waals surface area contributed by atoms with Gasteiger partial charge in [0, 0.05) is 36.2 Å². The molecule has 2 aromatic carbocycles. The number of benzene rings is 2. The summed E-state index contributed by atoms with van der Waals surface area (Å²) in [6, 6.07) is 7.01. The molecular formula is C25H27ClF2N2O4. The fourth-order valence-electron chi connectivity index (χ4n) is 5.33. The van der Waals surface area contributed by atoms with E-state index in [1.807, 2.05) is 18.7 Å². The molecule has 5 rings (SSSR count). The fourth-order valence-corrected chi connectivity index (χ4v) is 5.53. The van der Waals surface area contributed by atoms with Crippen LogP contribution in [0.3, 0.4) is 0 Å². The van der Waals surface area contributed by atoms with E-state index in [-0.39, 0.29) is 29.3 Å². The van der Waals surface area contributed by atoms with Crippen molar-refractivity contribution in [2.45, 2.75) is 51.0 Å². The summed E-state index contributed by atoms with van der Waals surface area (Å²) in [7, 11) is 0. The molecule has 3 aliphatic rings. The number of ether oxygens (including phenoxy) is 2. The molecule has 34 heavy (non-hydrogen) atoms. The number of carbonyl (C=O) groups excluding carboxylic acids is 1. The Morgan fingerprint density at radius 3 is 2.74 bits per heavy atom. The van der Waals surface area contributed by atoms with Crippen LogP contribution < -0.4 is 9.64 Å². The summed E-state index contributed by atoms with van der Waals surface area (Å²) >= 11 is 6.20. The number of rotatable bonds is 5. The Morgan fingerprint density at radius 2 is 2.03 bits per heavy atom. The maximum atomic E-state index is 15.1. The van der Waals surface area contributed by atoms with Gasteiger partial charge in [0.05, 0.1) is 17.8 Å². The van der Waals surface area contributed by atoms with Gasteiger partial charge in [-0.2, -0.15) is 0 Å². The Morgan fingerprint density at radius 1 is 1.24 bits per heavy atom. The molecule has 0 bridgehead atoms. The van der Waals surface area contributed by atoms with Gasteiger partial charge in [0.2, 0.25) is 0 Å². The largest absolute Gasteiger partial charge is 0.465 e. The lowest BCUT2D eigenvalue weighted by atomic mass is 10.0. The summed E-state index contributed by atoms with van der Waals surface area (Å²) in [6.07, 6.45) is 0.239. The van der Waals surface area contributed by atoms with Crippen LogP contribution in [0.4, 0.5) is 19.3 Å². The average molecular weight is 493 g/mol. The minimum Gasteiger partial charge on any atom is -0.465 e. The van der Waals surface area contributed by atoms with Gasteiger partial charge in [0.15, 0.2) is 17.3 Å². The average Bonchev–Trinajstić information content (AvgIpc) is 3.48. The predicted octanol–water partition coefficient (Wildman–Crippen LogP) is 4.84. The normalized spacial score (nSPS) is 26.9. The number of anilines is 1. The second-order valence-electron chi connectivity index (χ2n) is 9.56. The molecule has 0 radical (unpaired) electrons. The van der Waals surface area contributed by atoms with Gasteiger partial charge >= 0.3 is 6.09 Å². The van der Waals surface area contributed by atoms with Gasteiger partial charge in [-0.05, 0) is 48.6 Å². The van der Waals surface area contributed by atoms with E-state index in [2.05, 4.69) is 0 Å². The Kier molecular flexibility index (Phi) is 5.94. The molecule has 6 nitrogen and oxygen atoms in total. The van der Waals surface area contributed by atoms with Crippen molar-refractivity contribution in [3.05, 3.63) is 58.1 Å². The first-order chi connectivity index (χ1) is 16.2. The van der Waals surface area contributed by atoms with Gasteiger partial charge in [-0.1, -0.05) is 25.4 Å². The molecule has 2 saturated heterocycles. The van der Waals surface area contributed by atoms with Crippen LogP contribution in [0.2, 0.25) is 5.02 Å². The van der Waals surface area contributed by atoms with E-state index in [0.29, 0.717) is 49.2 Å². The van der Waals surface area contributed by atoms with Gasteiger partial charge in [0.1, 0.15) is 12.4 Å². The molecule has 2 aliphatic heterocycles. The number of aliphatic hydroxyl groups is 1. The van der Waals surface area contributed by atoms with Crippen molar-refractivity contribution >= 4 is 23.4 Å². The van der Waals surface area contributed by atoms with E-state index in [0.717, 1.165) is 0 Å². The third-order valence-electron chi connectivity index (χ3n) is 7.12. The molecular weight excluding hydrogens is 466 g/mol. The summed E-state index contributed by atoms with van der Waals surface area (Å²) < 4.78 is 41.5. The minimum atomic E-state index is -1.19. The van der Waals surface area contributed by atoms with Crippen LogP contribution in [0.25, 0.3) is 0 Å². The van der Waals surface area contributed by atoms with Crippen molar-refractivity contribution in [1.82, 2.24) is 4.90 Å². The first kappa shape index (κ1) is 23.3. The van der Waals surface area contributed by atoms with E-state index in [1.165, 1.54) is 29.2 Å². The topological polar surface area (TPSA) is 62.2 Å². The standard InChI is InChI=1S/C25H27ClF2N2O4/c1-14(2)22-13-33-24(32)30(22)16-3-4-20(27)23(11-16)34-25(29-8-6-17(31)12-29)7-5-18-19(25)9-15(26)10-21(18)28/h3-4,9-11,14,17,22,31H,5-8,12-13H2,1-2H3/t17?,22?,25-/m0/s1. The van der Waals surface area contributed by atoms with E-state index < -0.39 is 29.6 Å². The Hall–Kier alpha value is -2.42. The van der Waals surface area contributed by atoms with Gasteiger partial charge in [-0.25, -0.2) is 13.6 Å². The van der Waals surface area contributed by atoms with Crippen molar-refractivity contribution in [3.63, 3.8) is 0 Å². The second kappa shape index (κ2) is 8.66. The highest BCUT2D eigenvalue weighted by Crippen LogP contribution is 2.47. The van der Waals surface area contributed by atoms with E-state index in [1.54, 1.807) is 6.07 Å². The molecule has 2 heterocycles. The third-order valence-corrected chi connectivity index (χ3v) is 7.33. The lowest BCUT2D eigenvalue weighted by Crippen LogP contribution is -2.48. The molecule has 0 aromatic heterocycles. The number of cyclic esters (lactones) is 1. The summed E-state index contributed by atoms with van der Waals surface area (Å²) in [4.78, 5) is 15.9. The molecule has 2 fully saturated rings. The van der Waals surface area contributed by atoms with Crippen molar-refractivity contribution < 1.29 is 28.2 Å². The Labute approximate surface area is 202 Å². The Balaban J connectivity index is 1.58. The number of β-amino-alcohol motifs (C(OH)–C–C–N with tert-alkyl or cyclic N) is 1. The molecule has 2 unspecified atom stereocenters. The third kappa shape index (κ3) is 3.82. The highest BCUT2D eigenvalue weighted by Gasteiger charge is 2.50. The van der Waals surface area contributed by atoms with Crippen LogP contribution in [0.15, 0.2) is 30.3 Å². The molecule has 182 valence electrons. The smallest absolute Gasteiger partial charge is 0.414 e. The van der Waals surface area contributed by atoms with Crippen LogP contribution in [0, 0.1) is 17.6 Å². The first-order valence-corrected chi connectivity index (χ1v) is 11.9. The van der Waals surface area contributed by atoms with Crippen molar-refractivity contribution in [2.75, 3.05) is 24.6 Å². The Bertz CT molecular complexity index is 1130. The molecule has 1 aliphatic carbocycles. The maximum absolute atomic E-state index is 15.1. The number of amides is 1. The lowest BCUT2D eigenvalue weighted by Gasteiger charge is -2.40. The number of hydrogen-bond donors (Lipinski definition) is 1. The zero-order valence-corrected chi connectivity index (χ0v) is 19.8. The van der Waals surface area contributed by atoms with Crippen molar-refractivity contribution in [1.29, 1.82) is 0 Å². The number of fused-ring (bicyclic) bond motifs is 1. The number of hydrogen-bond acceptors (Lipinski definition) is 5. The summed E-state index contributed by atoms with van der Waals surface area (Å²) in [5.74, 6) is -0.964. The van der Waals surface area contributed by atoms with Crippen LogP contribution in [-0.4, -0.2) is 47.9 Å². The van der Waals surface area contributed by atoms with Crippen LogP contribution in [-0.2, 0) is 16.9 Å². The number of carbonyl (C=O) groups is 1. The molecule has 0 spiro atoms. The first-order valence-electron chi connectivity index (χ1n) is 11.6. The van der Waals surface area contributed by atoms with E-state index >= 15 is 4.39 Å². The van der Waals surface area contributed by atoms with E-state index in [4.69, 9.17) is 21.1 Å². The molecule has 1 amide bonds. The quantitative estimate of drug-likeness (QED) is 0.647. The van der Waals surface area contributed by atoms with Crippen LogP contribution in [0.5, 0.6) is 5.75 Å². The monoisotopic (exact) mass is 492 g/mol. The fraction of sp³-hybridized carbons (Fsp3) is 0.480. The number of aliphatic hydroxyl groups excluding tert-OH is 1. The summed E-state index contributed by atoms with van der Waals surface area (Å²) in [5, 5.41) is 10.4. The number of likely N-dealkylation sites (tertiary alicyclic amines) is 1. The molecule has 0 saturated carbocycles. The number of halogens is 3. The molecule has 3 atom stereocenters. The highest BCUT2D eigenvalue weighted by atomic mass is 35.5. The van der Waals surface area contributed by atoms with Gasteiger partial charge < -0.3 is 14.6 Å². The highest BCUT2D eigenvalue weighted by molar-refractivity contribution is 6.30. The molecule has 2 aromatic rings. The zero-order chi connectivity index (χ0) is 24.2. The maximum Gasteiger partial charge on any atom is 0.414 e. The zero-order valence-electron chi connectivity index (χ0n) is 19.1. The van der Waals surface area contributed by atoms with Crippen molar-refractivity contribution in [3.8, 4) is 5.75 Å². The lowest BCUT2D eigenvalue weighted by molar-refractivity contribution is -0.0854. The van der Waals surface area contributed by atoms with Crippen LogP contribution in [0.1, 0.15) is 37.8 Å². The number of nitrogens with zero attached hydrogens (tertiary/aromatic N) is 2. The van der Waals surface area contributed by atoms with Crippen LogP contribution >= 0.6 is 11.6 Å². The SMILES string of the molecule is CC(C)C1COC(=O)N1c1ccc(F)c(O[C@@]2(N3CCC(O)C3)CCc3c(F)cc(Cl)cc32)c1. The van der Waals surface area contributed by atoms with Gasteiger partial charge in [-0.3, -0.25) is 9.80 Å². The molecule has 1 N–H and O–H groups in total. The van der Waals surface area contributed by atoms with E-state index in [9.17, 15) is 14.3 Å². The van der Waals surface area contributed by atoms with Gasteiger partial charge in [-0.15, -0.1) is 0 Å². The van der Waals surface area contributed by atoms with Gasteiger partial charge in [0.25, 0.3) is 0 Å². The van der Waals surface area contributed by atoms with Crippen molar-refractivity contribution in [2.24, 2.45) is 5.92 Å². The summed E-state index contributed by atoms with van der Waals surface area (Å²) in [5.41, 5.74) is 0.285. The predicted molar refractivity (Wildman–Crippen MR) is 123 cm³/mol.